The van der Waals surface area contributed by atoms with Crippen LogP contribution >= 0.6 is 0 Å². The van der Waals surface area contributed by atoms with Crippen LogP contribution in [0.3, 0.4) is 0 Å². The molecule has 1 N–H and O–H groups in total. The van der Waals surface area contributed by atoms with Gasteiger partial charge in [0, 0.05) is 18.8 Å². The van der Waals surface area contributed by atoms with Crippen molar-refractivity contribution in [1.29, 1.82) is 0 Å². The van der Waals surface area contributed by atoms with E-state index in [1.54, 1.807) is 43.3 Å². The topological polar surface area (TPSA) is 117 Å². The lowest BCUT2D eigenvalue weighted by molar-refractivity contribution is 0.0935. The van der Waals surface area contributed by atoms with Gasteiger partial charge in [0.25, 0.3) is 11.8 Å². The molecule has 4 rings (SSSR count). The van der Waals surface area contributed by atoms with Crippen molar-refractivity contribution >= 4 is 5.91 Å². The molecule has 0 saturated carbocycles. The average molecular weight is 448 g/mol. The molecule has 0 fully saturated rings. The number of imidazole rings is 1. The third-order valence-electron chi connectivity index (χ3n) is 5.12. The highest BCUT2D eigenvalue weighted by Gasteiger charge is 2.19. The van der Waals surface area contributed by atoms with E-state index in [0.29, 0.717) is 41.0 Å². The Morgan fingerprint density at radius 1 is 1.18 bits per heavy atom. The van der Waals surface area contributed by atoms with Gasteiger partial charge >= 0.3 is 0 Å². The number of amides is 1. The molecule has 1 amide bonds. The van der Waals surface area contributed by atoms with E-state index >= 15 is 0 Å². The molecule has 0 saturated heterocycles. The van der Waals surface area contributed by atoms with E-state index in [1.807, 2.05) is 32.0 Å². The van der Waals surface area contributed by atoms with Crippen molar-refractivity contribution in [1.82, 2.24) is 30.0 Å². The predicted octanol–water partition coefficient (Wildman–Crippen LogP) is 3.39. The average Bonchev–Trinajstić information content (AvgIpc) is 3.53. The first-order chi connectivity index (χ1) is 16.0. The molecule has 3 heterocycles. The van der Waals surface area contributed by atoms with Crippen molar-refractivity contribution in [2.75, 3.05) is 14.2 Å². The highest BCUT2D eigenvalue weighted by molar-refractivity contribution is 5.92. The van der Waals surface area contributed by atoms with Gasteiger partial charge in [-0.2, -0.15) is 4.98 Å². The Balaban J connectivity index is 1.54. The Labute approximate surface area is 190 Å². The van der Waals surface area contributed by atoms with Gasteiger partial charge in [-0.25, -0.2) is 9.97 Å². The van der Waals surface area contributed by atoms with Crippen LogP contribution in [0.2, 0.25) is 0 Å². The smallest absolute Gasteiger partial charge is 0.271 e. The predicted molar refractivity (Wildman–Crippen MR) is 119 cm³/mol. The number of benzene rings is 1. The maximum Gasteiger partial charge on any atom is 0.271 e. The van der Waals surface area contributed by atoms with Gasteiger partial charge in [0.2, 0.25) is 0 Å². The van der Waals surface area contributed by atoms with Crippen LogP contribution in [0.25, 0.3) is 17.3 Å². The normalized spacial score (nSPS) is 11.8. The summed E-state index contributed by atoms with van der Waals surface area (Å²) >= 11 is 0. The molecular weight excluding hydrogens is 424 g/mol. The summed E-state index contributed by atoms with van der Waals surface area (Å²) in [5.41, 5.74) is 1.77. The summed E-state index contributed by atoms with van der Waals surface area (Å²) in [6.07, 6.45) is 5.44. The minimum Gasteiger partial charge on any atom is -0.493 e. The molecule has 10 nitrogen and oxygen atoms in total. The Hall–Kier alpha value is -4.21. The van der Waals surface area contributed by atoms with E-state index in [2.05, 4.69) is 25.4 Å². The molecule has 170 valence electrons. The van der Waals surface area contributed by atoms with Crippen LogP contribution in [0.4, 0.5) is 0 Å². The van der Waals surface area contributed by atoms with Crippen LogP contribution in [-0.4, -0.2) is 44.8 Å². The summed E-state index contributed by atoms with van der Waals surface area (Å²) < 4.78 is 17.6. The SMILES string of the molecule is CCc1noc(-c2cccnc2-n2cnc(C(=O)NC(C)c3ccc(OC)c(OC)c3)c2)n1. The Morgan fingerprint density at radius 2 is 2.00 bits per heavy atom. The number of rotatable bonds is 8. The number of carbonyl (C=O) groups excluding carboxylic acids is 1. The maximum absolute atomic E-state index is 12.8. The van der Waals surface area contributed by atoms with E-state index in [-0.39, 0.29) is 17.6 Å². The largest absolute Gasteiger partial charge is 0.493 e. The molecule has 0 aliphatic heterocycles. The summed E-state index contributed by atoms with van der Waals surface area (Å²) in [6, 6.07) is 8.84. The minimum atomic E-state index is -0.320. The fourth-order valence-electron chi connectivity index (χ4n) is 3.31. The zero-order valence-electron chi connectivity index (χ0n) is 18.8. The number of aryl methyl sites for hydroxylation is 1. The lowest BCUT2D eigenvalue weighted by Crippen LogP contribution is -2.27. The van der Waals surface area contributed by atoms with Gasteiger partial charge in [0.15, 0.2) is 23.1 Å². The minimum absolute atomic E-state index is 0.249. The van der Waals surface area contributed by atoms with Crippen molar-refractivity contribution in [2.45, 2.75) is 26.3 Å². The molecule has 3 aromatic heterocycles. The second-order valence-electron chi connectivity index (χ2n) is 7.22. The second kappa shape index (κ2) is 9.51. The third kappa shape index (κ3) is 4.54. The number of methoxy groups -OCH3 is 2. The Bertz CT molecular complexity index is 1270. The molecule has 0 aliphatic rings. The molecule has 1 unspecified atom stereocenters. The van der Waals surface area contributed by atoms with Gasteiger partial charge in [-0.1, -0.05) is 18.1 Å². The van der Waals surface area contributed by atoms with Crippen LogP contribution in [0, 0.1) is 0 Å². The number of aromatic nitrogens is 5. The molecule has 0 radical (unpaired) electrons. The van der Waals surface area contributed by atoms with Crippen LogP contribution in [0.5, 0.6) is 11.5 Å². The zero-order chi connectivity index (χ0) is 23.4. The van der Waals surface area contributed by atoms with Gasteiger partial charge in [0.1, 0.15) is 12.0 Å². The fourth-order valence-corrected chi connectivity index (χ4v) is 3.31. The van der Waals surface area contributed by atoms with Crippen molar-refractivity contribution in [3.05, 3.63) is 66.1 Å². The van der Waals surface area contributed by atoms with Gasteiger partial charge in [-0.05, 0) is 36.8 Å². The Morgan fingerprint density at radius 3 is 2.73 bits per heavy atom. The molecule has 0 bridgehead atoms. The van der Waals surface area contributed by atoms with Crippen molar-refractivity contribution in [3.63, 3.8) is 0 Å². The first-order valence-corrected chi connectivity index (χ1v) is 10.4. The molecule has 4 aromatic rings. The first kappa shape index (κ1) is 22.0. The molecule has 0 aliphatic carbocycles. The number of ether oxygens (including phenoxy) is 2. The van der Waals surface area contributed by atoms with Crippen LogP contribution in [0.15, 0.2) is 53.6 Å². The van der Waals surface area contributed by atoms with Gasteiger partial charge in [-0.3, -0.25) is 9.36 Å². The molecule has 1 aromatic carbocycles. The monoisotopic (exact) mass is 448 g/mol. The molecule has 33 heavy (non-hydrogen) atoms. The fraction of sp³-hybridized carbons (Fsp3) is 0.261. The lowest BCUT2D eigenvalue weighted by Gasteiger charge is -2.16. The van der Waals surface area contributed by atoms with E-state index in [0.717, 1.165) is 5.56 Å². The van der Waals surface area contributed by atoms with E-state index in [4.69, 9.17) is 14.0 Å². The van der Waals surface area contributed by atoms with Crippen molar-refractivity contribution < 1.29 is 18.8 Å². The number of hydrogen-bond donors (Lipinski definition) is 1. The van der Waals surface area contributed by atoms with E-state index in [9.17, 15) is 4.79 Å². The number of pyridine rings is 1. The number of nitrogens with zero attached hydrogens (tertiary/aromatic N) is 5. The maximum atomic E-state index is 12.8. The van der Waals surface area contributed by atoms with Gasteiger partial charge in [0.05, 0.1) is 25.8 Å². The lowest BCUT2D eigenvalue weighted by atomic mass is 10.1. The molecule has 1 atom stereocenters. The van der Waals surface area contributed by atoms with Crippen LogP contribution < -0.4 is 14.8 Å². The molecule has 0 spiro atoms. The summed E-state index contributed by atoms with van der Waals surface area (Å²) in [4.78, 5) is 25.9. The van der Waals surface area contributed by atoms with Crippen LogP contribution in [0.1, 0.15) is 41.8 Å². The summed E-state index contributed by atoms with van der Waals surface area (Å²) in [7, 11) is 3.15. The Kier molecular flexibility index (Phi) is 6.34. The van der Waals surface area contributed by atoms with Crippen molar-refractivity contribution in [3.8, 4) is 28.8 Å². The first-order valence-electron chi connectivity index (χ1n) is 10.4. The second-order valence-corrected chi connectivity index (χ2v) is 7.22. The summed E-state index contributed by atoms with van der Waals surface area (Å²) in [6.45, 7) is 3.83. The van der Waals surface area contributed by atoms with Gasteiger partial charge in [-0.15, -0.1) is 0 Å². The third-order valence-corrected chi connectivity index (χ3v) is 5.12. The highest BCUT2D eigenvalue weighted by Crippen LogP contribution is 2.30. The molecular formula is C23H24N6O4. The summed E-state index contributed by atoms with van der Waals surface area (Å²) in [5.74, 6) is 2.39. The summed E-state index contributed by atoms with van der Waals surface area (Å²) in [5, 5.41) is 6.90. The van der Waals surface area contributed by atoms with Gasteiger partial charge < -0.3 is 19.3 Å². The zero-order valence-corrected chi connectivity index (χ0v) is 18.8. The molecule has 10 heteroatoms. The van der Waals surface area contributed by atoms with Crippen LogP contribution in [-0.2, 0) is 6.42 Å². The number of carbonyl (C=O) groups is 1. The quantitative estimate of drug-likeness (QED) is 0.436. The number of hydrogen-bond acceptors (Lipinski definition) is 8. The highest BCUT2D eigenvalue weighted by atomic mass is 16.5. The van der Waals surface area contributed by atoms with Crippen molar-refractivity contribution in [2.24, 2.45) is 0 Å². The van der Waals surface area contributed by atoms with E-state index < -0.39 is 0 Å². The standard InChI is InChI=1S/C23H24N6O4/c1-5-20-27-23(33-28-20)16-7-6-10-24-21(16)29-12-17(25-13-29)22(30)26-14(2)15-8-9-18(31-3)19(11-15)32-4/h6-14H,5H2,1-4H3,(H,26,30). The van der Waals surface area contributed by atoms with E-state index in [1.165, 1.54) is 6.33 Å². The number of nitrogens with one attached hydrogen (secondary N) is 1.